The molecule has 0 bridgehead atoms. The van der Waals surface area contributed by atoms with Gasteiger partial charge in [-0.15, -0.1) is 0 Å². The van der Waals surface area contributed by atoms with Gasteiger partial charge in [0.15, 0.2) is 0 Å². The summed E-state index contributed by atoms with van der Waals surface area (Å²) in [6.07, 6.45) is 7.51. The lowest BCUT2D eigenvalue weighted by molar-refractivity contribution is 0.180. The van der Waals surface area contributed by atoms with Crippen LogP contribution in [-0.2, 0) is 0 Å². The molecule has 0 amide bonds. The lowest BCUT2D eigenvalue weighted by Crippen LogP contribution is -2.31. The van der Waals surface area contributed by atoms with Crippen molar-refractivity contribution in [1.29, 1.82) is 0 Å². The Labute approximate surface area is 92.3 Å². The first-order chi connectivity index (χ1) is 6.43. The van der Waals surface area contributed by atoms with Crippen molar-refractivity contribution in [2.75, 3.05) is 0 Å². The zero-order chi connectivity index (χ0) is 11.2. The lowest BCUT2D eigenvalue weighted by Gasteiger charge is -2.44. The van der Waals surface area contributed by atoms with E-state index in [-0.39, 0.29) is 5.31 Å². The highest BCUT2D eigenvalue weighted by Crippen LogP contribution is 2.51. The second-order valence-electron chi connectivity index (χ2n) is 5.14. The van der Waals surface area contributed by atoms with Gasteiger partial charge in [-0.05, 0) is 11.8 Å². The minimum atomic E-state index is -0.00447. The molecule has 0 heterocycles. The van der Waals surface area contributed by atoms with Crippen LogP contribution in [0.3, 0.4) is 0 Å². The number of hydrogen-bond acceptors (Lipinski definition) is 0. The van der Waals surface area contributed by atoms with E-state index < -0.39 is 0 Å². The van der Waals surface area contributed by atoms with Crippen LogP contribution in [-0.4, -0.2) is 7.85 Å². The summed E-state index contributed by atoms with van der Waals surface area (Å²) in [6.45, 7) is 11.3. The van der Waals surface area contributed by atoms with E-state index in [4.69, 9.17) is 7.85 Å². The van der Waals surface area contributed by atoms with Crippen LogP contribution in [0, 0.1) is 5.41 Å². The predicted octanol–water partition coefficient (Wildman–Crippen LogP) is 4.74. The molecule has 2 atom stereocenters. The van der Waals surface area contributed by atoms with Crippen molar-refractivity contribution in [2.24, 2.45) is 5.41 Å². The molecular weight excluding hydrogens is 167 g/mol. The van der Waals surface area contributed by atoms with Gasteiger partial charge in [-0.2, -0.15) is 0 Å². The molecule has 0 saturated heterocycles. The van der Waals surface area contributed by atoms with Crippen LogP contribution in [0.1, 0.15) is 73.1 Å². The number of hydrogen-bond donors (Lipinski definition) is 0. The van der Waals surface area contributed by atoms with Gasteiger partial charge < -0.3 is 0 Å². The topological polar surface area (TPSA) is 0 Å². The van der Waals surface area contributed by atoms with E-state index in [1.807, 2.05) is 0 Å². The zero-order valence-electron chi connectivity index (χ0n) is 10.8. The Morgan fingerprint density at radius 1 is 0.929 bits per heavy atom. The van der Waals surface area contributed by atoms with Crippen molar-refractivity contribution in [3.63, 3.8) is 0 Å². The van der Waals surface area contributed by atoms with Crippen molar-refractivity contribution in [3.05, 3.63) is 0 Å². The van der Waals surface area contributed by atoms with Crippen molar-refractivity contribution in [1.82, 2.24) is 0 Å². The second-order valence-corrected chi connectivity index (χ2v) is 5.14. The molecule has 2 radical (unpaired) electrons. The highest BCUT2D eigenvalue weighted by atomic mass is 14.4. The maximum atomic E-state index is 6.39. The van der Waals surface area contributed by atoms with Crippen molar-refractivity contribution in [2.45, 2.75) is 78.5 Å². The molecule has 0 aliphatic rings. The average Bonchev–Trinajstić information content (AvgIpc) is 2.17. The first-order valence-corrected chi connectivity index (χ1v) is 6.22. The molecule has 82 valence electrons. The molecule has 0 saturated carbocycles. The molecule has 0 fully saturated rings. The van der Waals surface area contributed by atoms with Gasteiger partial charge >= 0.3 is 0 Å². The summed E-state index contributed by atoms with van der Waals surface area (Å²) in [6, 6.07) is 0. The van der Waals surface area contributed by atoms with Gasteiger partial charge in [-0.3, -0.25) is 0 Å². The molecule has 0 aromatic rings. The molecule has 0 rings (SSSR count). The molecule has 0 N–H and O–H groups in total. The monoisotopic (exact) mass is 194 g/mol. The third-order valence-electron chi connectivity index (χ3n) is 4.23. The molecule has 14 heavy (non-hydrogen) atoms. The first kappa shape index (κ1) is 14.1. The maximum Gasteiger partial charge on any atom is 0.0749 e. The quantitative estimate of drug-likeness (QED) is 0.405. The van der Waals surface area contributed by atoms with Gasteiger partial charge in [0.1, 0.15) is 0 Å². The van der Waals surface area contributed by atoms with Gasteiger partial charge in [-0.1, -0.05) is 72.0 Å². The van der Waals surface area contributed by atoms with E-state index in [0.717, 1.165) is 6.42 Å². The van der Waals surface area contributed by atoms with Crippen molar-refractivity contribution >= 4 is 7.85 Å². The number of unbranched alkanes of at least 4 members (excludes halogenated alkanes) is 2. The van der Waals surface area contributed by atoms with Gasteiger partial charge in [0, 0.05) is 0 Å². The van der Waals surface area contributed by atoms with Crippen LogP contribution in [0.15, 0.2) is 0 Å². The Bertz CT molecular complexity index is 151. The van der Waals surface area contributed by atoms with Crippen molar-refractivity contribution < 1.29 is 0 Å². The summed E-state index contributed by atoms with van der Waals surface area (Å²) < 4.78 is 0. The molecule has 0 aromatic heterocycles. The highest BCUT2D eigenvalue weighted by Gasteiger charge is 2.36. The first-order valence-electron chi connectivity index (χ1n) is 6.22. The Kier molecular flexibility index (Phi) is 5.85. The van der Waals surface area contributed by atoms with Gasteiger partial charge in [-0.25, -0.2) is 0 Å². The smallest absolute Gasteiger partial charge is 0.0671 e. The molecule has 0 nitrogen and oxygen atoms in total. The Morgan fingerprint density at radius 2 is 1.50 bits per heavy atom. The van der Waals surface area contributed by atoms with Crippen LogP contribution < -0.4 is 0 Å². The van der Waals surface area contributed by atoms with E-state index in [9.17, 15) is 0 Å². The third kappa shape index (κ3) is 3.33. The van der Waals surface area contributed by atoms with Gasteiger partial charge in [0.2, 0.25) is 0 Å². The SMILES string of the molecule is [B]C(C)(CC)C(C)(CC)CCCCC. The van der Waals surface area contributed by atoms with E-state index in [1.54, 1.807) is 0 Å². The lowest BCUT2D eigenvalue weighted by atomic mass is 9.50. The summed E-state index contributed by atoms with van der Waals surface area (Å²) in [5, 5.41) is -0.00447. The molecule has 0 aromatic carbocycles. The summed E-state index contributed by atoms with van der Waals surface area (Å²) in [5.41, 5.74) is 0.316. The number of rotatable bonds is 7. The summed E-state index contributed by atoms with van der Waals surface area (Å²) in [7, 11) is 6.39. The van der Waals surface area contributed by atoms with E-state index in [2.05, 4.69) is 34.6 Å². The molecule has 0 aliphatic carbocycles. The van der Waals surface area contributed by atoms with Crippen LogP contribution in [0.2, 0.25) is 5.31 Å². The second kappa shape index (κ2) is 5.83. The van der Waals surface area contributed by atoms with Gasteiger partial charge in [0.05, 0.1) is 7.85 Å². The standard InChI is InChI=1S/C13H27B/c1-6-9-10-11-12(4,7-2)13(5,14)8-3/h6-11H2,1-5H3. The minimum absolute atomic E-state index is 0.00447. The molecule has 1 heteroatoms. The predicted molar refractivity (Wildman–Crippen MR) is 67.0 cm³/mol. The third-order valence-corrected chi connectivity index (χ3v) is 4.23. The molecular formula is C13H27B. The van der Waals surface area contributed by atoms with Gasteiger partial charge in [0.25, 0.3) is 0 Å². The normalized spacial score (nSPS) is 20.1. The highest BCUT2D eigenvalue weighted by molar-refractivity contribution is 6.15. The fraction of sp³-hybridized carbons (Fsp3) is 1.00. The summed E-state index contributed by atoms with van der Waals surface area (Å²) >= 11 is 0. The fourth-order valence-corrected chi connectivity index (χ4v) is 2.06. The molecule has 0 aliphatic heterocycles. The largest absolute Gasteiger partial charge is 0.0749 e. The zero-order valence-corrected chi connectivity index (χ0v) is 10.8. The van der Waals surface area contributed by atoms with E-state index in [1.165, 1.54) is 32.1 Å². The minimum Gasteiger partial charge on any atom is -0.0671 e. The molecule has 0 spiro atoms. The average molecular weight is 194 g/mol. The maximum absolute atomic E-state index is 6.39. The van der Waals surface area contributed by atoms with Crippen LogP contribution >= 0.6 is 0 Å². The van der Waals surface area contributed by atoms with Crippen LogP contribution in [0.5, 0.6) is 0 Å². The Morgan fingerprint density at radius 3 is 1.86 bits per heavy atom. The van der Waals surface area contributed by atoms with E-state index >= 15 is 0 Å². The van der Waals surface area contributed by atoms with Crippen LogP contribution in [0.25, 0.3) is 0 Å². The summed E-state index contributed by atoms with van der Waals surface area (Å²) in [4.78, 5) is 0. The van der Waals surface area contributed by atoms with Crippen LogP contribution in [0.4, 0.5) is 0 Å². The Balaban J connectivity index is 4.31. The molecule has 2 unspecified atom stereocenters. The Hall–Kier alpha value is 0.0649. The summed E-state index contributed by atoms with van der Waals surface area (Å²) in [5.74, 6) is 0. The fourth-order valence-electron chi connectivity index (χ4n) is 2.06. The van der Waals surface area contributed by atoms with E-state index in [0.29, 0.717) is 5.41 Å². The van der Waals surface area contributed by atoms with Crippen molar-refractivity contribution in [3.8, 4) is 0 Å².